The minimum atomic E-state index is -0.352. The number of ether oxygens (including phenoxy) is 2. The summed E-state index contributed by atoms with van der Waals surface area (Å²) >= 11 is 12.5. The number of hydrogen-bond donors (Lipinski definition) is 6. The van der Waals surface area contributed by atoms with Crippen molar-refractivity contribution in [2.75, 3.05) is 61.0 Å². The summed E-state index contributed by atoms with van der Waals surface area (Å²) in [6.07, 6.45) is 13.1. The average molecular weight is 968 g/mol. The van der Waals surface area contributed by atoms with Gasteiger partial charge >= 0.3 is 0 Å². The third-order valence-electron chi connectivity index (χ3n) is 11.1. The number of amides is 2. The van der Waals surface area contributed by atoms with Gasteiger partial charge in [-0.3, -0.25) is 9.59 Å². The Labute approximate surface area is 403 Å². The SMILES string of the molecule is COc1ccc(CNc2nc(N3CCC[C@H]3CO)ncc2C(=O)NCc2ncccn2)cc1Cl.COc1ccc(CNc2nc(N3CCC[C@H]3CO)ncc2C(=O)NCc2ncccn2)cc1Cl. The van der Waals surface area contributed by atoms with E-state index in [1.807, 2.05) is 21.9 Å². The lowest BCUT2D eigenvalue weighted by atomic mass is 10.2. The van der Waals surface area contributed by atoms with Crippen LogP contribution in [0.25, 0.3) is 0 Å². The topological polar surface area (TPSA) is 251 Å². The van der Waals surface area contributed by atoms with Crippen molar-refractivity contribution < 1.29 is 29.3 Å². The van der Waals surface area contributed by atoms with E-state index >= 15 is 0 Å². The molecule has 6 heterocycles. The zero-order chi connectivity index (χ0) is 47.8. The number of nitrogens with one attached hydrogen (secondary N) is 4. The maximum absolute atomic E-state index is 13.0. The molecule has 22 heteroatoms. The first kappa shape index (κ1) is 48.9. The van der Waals surface area contributed by atoms with E-state index in [1.165, 1.54) is 12.4 Å². The Morgan fingerprint density at radius 3 is 1.41 bits per heavy atom. The third kappa shape index (κ3) is 12.7. The third-order valence-corrected chi connectivity index (χ3v) is 11.7. The van der Waals surface area contributed by atoms with Crippen molar-refractivity contribution in [1.82, 2.24) is 50.5 Å². The molecule has 2 atom stereocenters. The lowest BCUT2D eigenvalue weighted by Crippen LogP contribution is -2.34. The van der Waals surface area contributed by atoms with Crippen molar-refractivity contribution in [2.45, 2.75) is 63.9 Å². The normalized spacial score (nSPS) is 15.3. The van der Waals surface area contributed by atoms with Gasteiger partial charge in [0.1, 0.15) is 45.9 Å². The molecule has 68 heavy (non-hydrogen) atoms. The zero-order valence-corrected chi connectivity index (χ0v) is 39.0. The lowest BCUT2D eigenvalue weighted by molar-refractivity contribution is 0.0942. The van der Waals surface area contributed by atoms with Crippen LogP contribution in [0.5, 0.6) is 11.5 Å². The summed E-state index contributed by atoms with van der Waals surface area (Å²) in [5.41, 5.74) is 2.37. The molecule has 0 radical (unpaired) electrons. The molecule has 2 aliphatic rings. The molecule has 20 nitrogen and oxygen atoms in total. The molecule has 8 rings (SSSR count). The minimum absolute atomic E-state index is 0.0236. The van der Waals surface area contributed by atoms with Gasteiger partial charge in [-0.25, -0.2) is 29.9 Å². The molecule has 2 aromatic carbocycles. The monoisotopic (exact) mass is 966 g/mol. The molecular weight excluding hydrogens is 916 g/mol. The molecule has 4 aromatic heterocycles. The molecule has 2 fully saturated rings. The number of aromatic nitrogens is 8. The molecule has 0 spiro atoms. The van der Waals surface area contributed by atoms with E-state index < -0.39 is 0 Å². The van der Waals surface area contributed by atoms with E-state index in [2.05, 4.69) is 61.1 Å². The van der Waals surface area contributed by atoms with Gasteiger partial charge in [0.15, 0.2) is 0 Å². The van der Waals surface area contributed by atoms with Crippen LogP contribution in [-0.2, 0) is 26.2 Å². The number of halogens is 2. The summed E-state index contributed by atoms with van der Waals surface area (Å²) < 4.78 is 10.4. The van der Waals surface area contributed by atoms with Crippen LogP contribution in [0, 0.1) is 0 Å². The first-order chi connectivity index (χ1) is 33.2. The van der Waals surface area contributed by atoms with Gasteiger partial charge in [-0.15, -0.1) is 0 Å². The van der Waals surface area contributed by atoms with Gasteiger partial charge in [-0.2, -0.15) is 9.97 Å². The van der Waals surface area contributed by atoms with Gasteiger partial charge < -0.3 is 50.8 Å². The largest absolute Gasteiger partial charge is 0.495 e. The molecule has 2 amide bonds. The molecule has 0 aliphatic carbocycles. The molecule has 2 saturated heterocycles. The van der Waals surface area contributed by atoms with Crippen LogP contribution in [0.2, 0.25) is 10.0 Å². The van der Waals surface area contributed by atoms with Crippen LogP contribution in [-0.4, -0.2) is 115 Å². The number of aliphatic hydroxyl groups is 2. The summed E-state index contributed by atoms with van der Waals surface area (Å²) in [6, 6.07) is 14.3. The summed E-state index contributed by atoms with van der Waals surface area (Å²) in [5.74, 6) is 3.16. The van der Waals surface area contributed by atoms with Gasteiger partial charge in [0.2, 0.25) is 11.9 Å². The number of aliphatic hydroxyl groups excluding tert-OH is 2. The number of nitrogens with zero attached hydrogens (tertiary/aromatic N) is 10. The second kappa shape index (κ2) is 24.1. The number of hydrogen-bond acceptors (Lipinski definition) is 18. The zero-order valence-electron chi connectivity index (χ0n) is 37.5. The Hall–Kier alpha value is -7.00. The van der Waals surface area contributed by atoms with E-state index in [1.54, 1.807) is 75.4 Å². The van der Waals surface area contributed by atoms with Crippen LogP contribution in [0.4, 0.5) is 23.5 Å². The molecule has 0 bridgehead atoms. The van der Waals surface area contributed by atoms with Crippen LogP contribution in [0.3, 0.4) is 0 Å². The summed E-state index contributed by atoms with van der Waals surface area (Å²) in [6.45, 7) is 2.65. The predicted octanol–water partition coefficient (Wildman–Crippen LogP) is 4.86. The van der Waals surface area contributed by atoms with Crippen LogP contribution >= 0.6 is 23.2 Å². The van der Waals surface area contributed by atoms with Gasteiger partial charge in [0.05, 0.1) is 62.7 Å². The maximum Gasteiger partial charge on any atom is 0.256 e. The van der Waals surface area contributed by atoms with Crippen molar-refractivity contribution in [1.29, 1.82) is 0 Å². The maximum atomic E-state index is 13.0. The highest BCUT2D eigenvalue weighted by Crippen LogP contribution is 2.29. The molecule has 6 N–H and O–H groups in total. The molecule has 0 unspecified atom stereocenters. The van der Waals surface area contributed by atoms with Gasteiger partial charge in [0, 0.05) is 63.4 Å². The van der Waals surface area contributed by atoms with Crippen molar-refractivity contribution in [3.8, 4) is 11.5 Å². The van der Waals surface area contributed by atoms with Crippen molar-refractivity contribution in [3.05, 3.63) is 130 Å². The molecule has 2 aliphatic heterocycles. The number of methoxy groups -OCH3 is 2. The number of carbonyl (C=O) groups excluding carboxylic acids is 2. The van der Waals surface area contributed by atoms with Crippen molar-refractivity contribution >= 4 is 58.5 Å². The average Bonchev–Trinajstić information content (AvgIpc) is 4.07. The summed E-state index contributed by atoms with van der Waals surface area (Å²) in [4.78, 5) is 64.5. The highest BCUT2D eigenvalue weighted by Gasteiger charge is 2.29. The Kier molecular flexibility index (Phi) is 17.4. The smallest absolute Gasteiger partial charge is 0.256 e. The predicted molar refractivity (Wildman–Crippen MR) is 256 cm³/mol. The summed E-state index contributed by atoms with van der Waals surface area (Å²) in [5, 5.41) is 32.5. The molecule has 6 aromatic rings. The second-order valence-corrected chi connectivity index (χ2v) is 16.4. The van der Waals surface area contributed by atoms with E-state index in [4.69, 9.17) is 32.7 Å². The number of carbonyl (C=O) groups is 2. The molecule has 0 saturated carbocycles. The minimum Gasteiger partial charge on any atom is -0.495 e. The van der Waals surface area contributed by atoms with Crippen LogP contribution in [0.1, 0.15) is 69.2 Å². The molecular formula is C46H52Cl2N14O6. The van der Waals surface area contributed by atoms with Gasteiger partial charge in [0.25, 0.3) is 11.8 Å². The fourth-order valence-electron chi connectivity index (χ4n) is 7.56. The Morgan fingerprint density at radius 1 is 0.632 bits per heavy atom. The first-order valence-corrected chi connectivity index (χ1v) is 22.6. The van der Waals surface area contributed by atoms with Crippen molar-refractivity contribution in [3.63, 3.8) is 0 Å². The fourth-order valence-corrected chi connectivity index (χ4v) is 8.12. The number of anilines is 4. The Bertz CT molecular complexity index is 2440. The fraction of sp³-hybridized carbons (Fsp3) is 0.348. The van der Waals surface area contributed by atoms with Crippen molar-refractivity contribution in [2.24, 2.45) is 0 Å². The highest BCUT2D eigenvalue weighted by molar-refractivity contribution is 6.32. The number of benzene rings is 2. The van der Waals surface area contributed by atoms with Gasteiger partial charge in [-0.05, 0) is 73.2 Å². The lowest BCUT2D eigenvalue weighted by Gasteiger charge is -2.24. The number of rotatable bonds is 18. The second-order valence-electron chi connectivity index (χ2n) is 15.5. The highest BCUT2D eigenvalue weighted by atomic mass is 35.5. The van der Waals surface area contributed by atoms with E-state index in [-0.39, 0.29) is 50.2 Å². The summed E-state index contributed by atoms with van der Waals surface area (Å²) in [7, 11) is 3.12. The van der Waals surface area contributed by atoms with E-state index in [0.717, 1.165) is 49.9 Å². The van der Waals surface area contributed by atoms with E-state index in [0.29, 0.717) is 80.9 Å². The van der Waals surface area contributed by atoms with Crippen LogP contribution in [0.15, 0.2) is 85.7 Å². The quantitative estimate of drug-likeness (QED) is 0.0673. The Balaban J connectivity index is 0.000000201. The molecule has 356 valence electrons. The standard InChI is InChI=1S/2C23H26ClN7O3/c2*1-34-19-6-5-15(10-18(19)24)11-27-21-17(22(33)28-13-20-25-7-3-8-26-20)12-29-23(30-21)31-9-2-4-16(31)14-32/h2*3,5-8,10,12,16,32H,2,4,9,11,13-14H2,1H3,(H,28,33)(H,27,29,30)/t2*16-/m00/s1. The Morgan fingerprint density at radius 2 is 1.04 bits per heavy atom. The van der Waals surface area contributed by atoms with Gasteiger partial charge in [-0.1, -0.05) is 35.3 Å². The first-order valence-electron chi connectivity index (χ1n) is 21.9. The van der Waals surface area contributed by atoms with Crippen LogP contribution < -0.4 is 40.5 Å². The van der Waals surface area contributed by atoms with E-state index in [9.17, 15) is 19.8 Å².